The van der Waals surface area contributed by atoms with Crippen molar-refractivity contribution in [3.63, 3.8) is 0 Å². The minimum Gasteiger partial charge on any atom is -0.494 e. The average Bonchev–Trinajstić information content (AvgIpc) is 2.14. The predicted molar refractivity (Wildman–Crippen MR) is 62.8 cm³/mol. The van der Waals surface area contributed by atoms with E-state index in [4.69, 9.17) is 4.74 Å². The third kappa shape index (κ3) is 3.65. The fourth-order valence-corrected chi connectivity index (χ4v) is 2.18. The number of pyridine rings is 1. The molecule has 0 aliphatic rings. The van der Waals surface area contributed by atoms with Gasteiger partial charge in [-0.2, -0.15) is 0 Å². The first kappa shape index (κ1) is 13.8. The van der Waals surface area contributed by atoms with E-state index in [1.54, 1.807) is 0 Å². The molecule has 0 N–H and O–H groups in total. The Bertz CT molecular complexity index is 386. The highest BCUT2D eigenvalue weighted by molar-refractivity contribution is 14.1. The topological polar surface area (TPSA) is 31.4 Å². The molecule has 0 saturated carbocycles. The highest BCUT2D eigenvalue weighted by atomic mass is 127. The van der Waals surface area contributed by atoms with Crippen molar-refractivity contribution < 1.29 is 22.6 Å². The molecule has 0 spiro atoms. The molecule has 16 heavy (non-hydrogen) atoms. The van der Waals surface area contributed by atoms with Crippen LogP contribution >= 0.6 is 38.5 Å². The maximum Gasteiger partial charge on any atom is 0.574 e. The zero-order valence-electron chi connectivity index (χ0n) is 7.94. The lowest BCUT2D eigenvalue weighted by atomic mass is 10.3. The van der Waals surface area contributed by atoms with Crippen molar-refractivity contribution in [2.45, 2.75) is 11.7 Å². The fraction of sp³-hybridized carbons (Fsp3) is 0.375. The van der Waals surface area contributed by atoms with Gasteiger partial charge in [0, 0.05) is 11.4 Å². The van der Waals surface area contributed by atoms with Crippen LogP contribution in [0.1, 0.15) is 5.69 Å². The van der Waals surface area contributed by atoms with E-state index in [0.29, 0.717) is 15.0 Å². The van der Waals surface area contributed by atoms with Crippen molar-refractivity contribution in [1.82, 2.24) is 4.98 Å². The first-order chi connectivity index (χ1) is 7.37. The number of alkyl halides is 4. The van der Waals surface area contributed by atoms with Crippen LogP contribution in [0.15, 0.2) is 6.07 Å². The fourth-order valence-electron chi connectivity index (χ4n) is 1.00. The lowest BCUT2D eigenvalue weighted by molar-refractivity contribution is -0.276. The highest BCUT2D eigenvalue weighted by Gasteiger charge is 2.32. The van der Waals surface area contributed by atoms with Gasteiger partial charge in [-0.05, 0) is 22.6 Å². The van der Waals surface area contributed by atoms with E-state index in [1.165, 1.54) is 13.2 Å². The Balaban J connectivity index is 3.10. The van der Waals surface area contributed by atoms with Crippen molar-refractivity contribution in [1.29, 1.82) is 0 Å². The summed E-state index contributed by atoms with van der Waals surface area (Å²) in [5.41, 5.74) is 0.355. The Morgan fingerprint density at radius 2 is 2.12 bits per heavy atom. The Morgan fingerprint density at radius 3 is 2.56 bits per heavy atom. The molecule has 1 aromatic heterocycles. The van der Waals surface area contributed by atoms with E-state index in [1.807, 2.05) is 22.6 Å². The molecule has 0 saturated heterocycles. The number of halogens is 5. The number of hydrogen-bond donors (Lipinski definition) is 0. The molecule has 90 valence electrons. The zero-order valence-corrected chi connectivity index (χ0v) is 11.7. The Morgan fingerprint density at radius 1 is 1.50 bits per heavy atom. The molecule has 0 radical (unpaired) electrons. The van der Waals surface area contributed by atoms with Crippen molar-refractivity contribution in [2.24, 2.45) is 0 Å². The number of hydrogen-bond acceptors (Lipinski definition) is 3. The number of nitrogens with zero attached hydrogens (tertiary/aromatic N) is 1. The summed E-state index contributed by atoms with van der Waals surface area (Å²) < 4.78 is 45.2. The monoisotopic (exact) mass is 411 g/mol. The van der Waals surface area contributed by atoms with Gasteiger partial charge in [0.25, 0.3) is 0 Å². The van der Waals surface area contributed by atoms with Crippen LogP contribution in [0.2, 0.25) is 0 Å². The van der Waals surface area contributed by atoms with Crippen LogP contribution in [0.25, 0.3) is 0 Å². The van der Waals surface area contributed by atoms with Crippen molar-refractivity contribution in [3.05, 3.63) is 15.3 Å². The molecule has 3 nitrogen and oxygen atoms in total. The second kappa shape index (κ2) is 5.39. The third-order valence-corrected chi connectivity index (χ3v) is 2.86. The van der Waals surface area contributed by atoms with Crippen LogP contribution in [-0.2, 0) is 5.33 Å². The van der Waals surface area contributed by atoms with Crippen LogP contribution in [0, 0.1) is 3.57 Å². The summed E-state index contributed by atoms with van der Waals surface area (Å²) in [5, 5.41) is 0.279. The smallest absolute Gasteiger partial charge is 0.494 e. The lowest BCUT2D eigenvalue weighted by Gasteiger charge is -2.12. The van der Waals surface area contributed by atoms with Gasteiger partial charge in [-0.1, -0.05) is 15.9 Å². The molecule has 0 unspecified atom stereocenters. The standard InChI is InChI=1S/C8H6BrF3INO2/c1-15-7-4(13)2-6(14-5(7)3-9)16-8(10,11)12/h2H,3H2,1H3. The molecule has 0 atom stereocenters. The third-order valence-electron chi connectivity index (χ3n) is 1.53. The molecule has 8 heteroatoms. The molecule has 1 heterocycles. The molecular formula is C8H6BrF3INO2. The largest absolute Gasteiger partial charge is 0.574 e. The molecule has 0 amide bonds. The van der Waals surface area contributed by atoms with Gasteiger partial charge in [-0.15, -0.1) is 13.2 Å². The average molecular weight is 412 g/mol. The summed E-state index contributed by atoms with van der Waals surface area (Å²) in [6.07, 6.45) is -4.74. The highest BCUT2D eigenvalue weighted by Crippen LogP contribution is 2.31. The van der Waals surface area contributed by atoms with Gasteiger partial charge in [0.05, 0.1) is 16.4 Å². The van der Waals surface area contributed by atoms with Gasteiger partial charge in [-0.25, -0.2) is 4.98 Å². The van der Waals surface area contributed by atoms with Gasteiger partial charge in [0.15, 0.2) is 5.75 Å². The molecule has 0 aliphatic carbocycles. The van der Waals surface area contributed by atoms with Gasteiger partial charge >= 0.3 is 6.36 Å². The van der Waals surface area contributed by atoms with Crippen molar-refractivity contribution in [3.8, 4) is 11.6 Å². The Hall–Kier alpha value is -0.250. The molecular weight excluding hydrogens is 406 g/mol. The van der Waals surface area contributed by atoms with E-state index in [9.17, 15) is 13.2 Å². The lowest BCUT2D eigenvalue weighted by Crippen LogP contribution is -2.18. The Labute approximate surface area is 112 Å². The summed E-state index contributed by atoms with van der Waals surface area (Å²) in [6, 6.07) is 1.17. The van der Waals surface area contributed by atoms with Gasteiger partial charge in [0.1, 0.15) is 0 Å². The summed E-state index contributed by atoms with van der Waals surface area (Å²) >= 11 is 4.97. The van der Waals surface area contributed by atoms with Crippen molar-refractivity contribution >= 4 is 38.5 Å². The molecule has 1 aromatic rings. The van der Waals surface area contributed by atoms with E-state index in [2.05, 4.69) is 25.7 Å². The van der Waals surface area contributed by atoms with Crippen LogP contribution in [0.3, 0.4) is 0 Å². The molecule has 0 bridgehead atoms. The maximum atomic E-state index is 12.0. The second-order valence-electron chi connectivity index (χ2n) is 2.60. The molecule has 0 aliphatic heterocycles. The number of aromatic nitrogens is 1. The van der Waals surface area contributed by atoms with Crippen LogP contribution < -0.4 is 9.47 Å². The minimum atomic E-state index is -4.74. The van der Waals surface area contributed by atoms with E-state index in [0.717, 1.165) is 0 Å². The van der Waals surface area contributed by atoms with Crippen LogP contribution in [-0.4, -0.2) is 18.5 Å². The number of ether oxygens (including phenoxy) is 2. The van der Waals surface area contributed by atoms with E-state index < -0.39 is 12.2 Å². The summed E-state index contributed by atoms with van der Waals surface area (Å²) in [4.78, 5) is 3.69. The predicted octanol–water partition coefficient (Wildman–Crippen LogP) is 3.49. The summed E-state index contributed by atoms with van der Waals surface area (Å²) in [6.45, 7) is 0. The summed E-state index contributed by atoms with van der Waals surface area (Å²) in [5.74, 6) is -0.0563. The van der Waals surface area contributed by atoms with Gasteiger partial charge in [-0.3, -0.25) is 0 Å². The van der Waals surface area contributed by atoms with Crippen molar-refractivity contribution in [2.75, 3.05) is 7.11 Å². The number of rotatable bonds is 3. The normalized spacial score (nSPS) is 11.4. The van der Waals surface area contributed by atoms with Crippen LogP contribution in [0.4, 0.5) is 13.2 Å². The molecule has 0 fully saturated rings. The van der Waals surface area contributed by atoms with E-state index >= 15 is 0 Å². The first-order valence-electron chi connectivity index (χ1n) is 3.92. The summed E-state index contributed by atoms with van der Waals surface area (Å²) in [7, 11) is 1.43. The zero-order chi connectivity index (χ0) is 12.3. The molecule has 0 aromatic carbocycles. The SMILES string of the molecule is COc1c(I)cc(OC(F)(F)F)nc1CBr. The maximum absolute atomic E-state index is 12.0. The number of methoxy groups -OCH3 is 1. The molecule has 1 rings (SSSR count). The Kier molecular flexibility index (Phi) is 4.65. The minimum absolute atomic E-state index is 0.279. The quantitative estimate of drug-likeness (QED) is 0.563. The van der Waals surface area contributed by atoms with Gasteiger partial charge < -0.3 is 9.47 Å². The second-order valence-corrected chi connectivity index (χ2v) is 4.33. The van der Waals surface area contributed by atoms with Gasteiger partial charge in [0.2, 0.25) is 5.88 Å². The van der Waals surface area contributed by atoms with Crippen LogP contribution in [0.5, 0.6) is 11.6 Å². The first-order valence-corrected chi connectivity index (χ1v) is 6.12. The van der Waals surface area contributed by atoms with E-state index in [-0.39, 0.29) is 5.33 Å².